The Hall–Kier alpha value is -1.35. The van der Waals surface area contributed by atoms with Crippen LogP contribution in [0.25, 0.3) is 0 Å². The molecule has 0 aromatic heterocycles. The Morgan fingerprint density at radius 2 is 2.10 bits per heavy atom. The van der Waals surface area contributed by atoms with Gasteiger partial charge in [0.2, 0.25) is 0 Å². The molecule has 3 atom stereocenters. The van der Waals surface area contributed by atoms with Gasteiger partial charge in [0.15, 0.2) is 0 Å². The molecule has 1 saturated carbocycles. The first-order chi connectivity index (χ1) is 9.70. The maximum absolute atomic E-state index is 12.0. The topological polar surface area (TPSA) is 38.3 Å². The monoisotopic (exact) mass is 275 g/mol. The lowest BCUT2D eigenvalue weighted by Crippen LogP contribution is -2.38. The highest BCUT2D eigenvalue weighted by Crippen LogP contribution is 2.24. The summed E-state index contributed by atoms with van der Waals surface area (Å²) in [5.41, 5.74) is 1.02. The fourth-order valence-corrected chi connectivity index (χ4v) is 3.07. The Bertz CT molecular complexity index is 418. The zero-order valence-corrected chi connectivity index (χ0v) is 12.5. The van der Waals surface area contributed by atoms with E-state index in [-0.39, 0.29) is 11.9 Å². The summed E-state index contributed by atoms with van der Waals surface area (Å²) < 4.78 is 4.95. The van der Waals surface area contributed by atoms with Gasteiger partial charge in [0.25, 0.3) is 0 Å². The van der Waals surface area contributed by atoms with Crippen LogP contribution >= 0.6 is 0 Å². The van der Waals surface area contributed by atoms with E-state index in [1.165, 1.54) is 32.8 Å². The number of carbonyl (C=O) groups excluding carboxylic acids is 1. The van der Waals surface area contributed by atoms with Crippen molar-refractivity contribution in [1.82, 2.24) is 5.32 Å². The summed E-state index contributed by atoms with van der Waals surface area (Å²) in [4.78, 5) is 12.0. The molecule has 1 aliphatic rings. The summed E-state index contributed by atoms with van der Waals surface area (Å²) in [6, 6.07) is 10.4. The normalized spacial score (nSPS) is 24.1. The van der Waals surface area contributed by atoms with Crippen molar-refractivity contribution in [3.8, 4) is 0 Å². The third-order valence-corrected chi connectivity index (χ3v) is 4.23. The van der Waals surface area contributed by atoms with Crippen molar-refractivity contribution in [2.45, 2.75) is 44.6 Å². The molecule has 0 heterocycles. The molecule has 3 heteroatoms. The number of rotatable bonds is 5. The maximum atomic E-state index is 12.0. The molecule has 0 amide bonds. The van der Waals surface area contributed by atoms with E-state index in [0.717, 1.165) is 11.5 Å². The number of nitrogens with one attached hydrogen (secondary N) is 1. The van der Waals surface area contributed by atoms with Crippen molar-refractivity contribution >= 4 is 5.97 Å². The molecule has 1 N–H and O–H groups in total. The molecule has 1 aromatic rings. The van der Waals surface area contributed by atoms with Gasteiger partial charge in [-0.1, -0.05) is 50.1 Å². The number of benzene rings is 1. The third-order valence-electron chi connectivity index (χ3n) is 4.23. The summed E-state index contributed by atoms with van der Waals surface area (Å²) in [7, 11) is 1.46. The van der Waals surface area contributed by atoms with Gasteiger partial charge in [-0.15, -0.1) is 0 Å². The molecule has 0 saturated heterocycles. The van der Waals surface area contributed by atoms with E-state index in [0.29, 0.717) is 12.6 Å². The predicted molar refractivity (Wildman–Crippen MR) is 80.6 cm³/mol. The van der Waals surface area contributed by atoms with Crippen LogP contribution in [0, 0.1) is 5.92 Å². The van der Waals surface area contributed by atoms with Crippen molar-refractivity contribution in [2.24, 2.45) is 5.92 Å². The van der Waals surface area contributed by atoms with Crippen LogP contribution in [0.5, 0.6) is 0 Å². The van der Waals surface area contributed by atoms with Gasteiger partial charge in [0.05, 0.1) is 13.0 Å². The maximum Gasteiger partial charge on any atom is 0.314 e. The molecular weight excluding hydrogens is 250 g/mol. The standard InChI is InChI=1S/C17H25NO2/c1-13-7-6-10-15(11-13)18-12-16(17(19)20-2)14-8-4-3-5-9-14/h3-5,8-9,13,15-16,18H,6-7,10-12H2,1-2H3. The van der Waals surface area contributed by atoms with Crippen molar-refractivity contribution in [3.63, 3.8) is 0 Å². The zero-order valence-electron chi connectivity index (χ0n) is 12.5. The number of ether oxygens (including phenoxy) is 1. The molecule has 110 valence electrons. The van der Waals surface area contributed by atoms with Gasteiger partial charge in [-0.25, -0.2) is 0 Å². The summed E-state index contributed by atoms with van der Waals surface area (Å²) in [5, 5.41) is 3.56. The van der Waals surface area contributed by atoms with Crippen LogP contribution in [0.3, 0.4) is 0 Å². The zero-order chi connectivity index (χ0) is 14.4. The molecule has 0 radical (unpaired) electrons. The van der Waals surface area contributed by atoms with Gasteiger partial charge >= 0.3 is 5.97 Å². The van der Waals surface area contributed by atoms with E-state index in [1.807, 2.05) is 30.3 Å². The quantitative estimate of drug-likeness (QED) is 0.839. The van der Waals surface area contributed by atoms with E-state index >= 15 is 0 Å². The minimum Gasteiger partial charge on any atom is -0.469 e. The van der Waals surface area contributed by atoms with E-state index in [2.05, 4.69) is 12.2 Å². The molecule has 2 rings (SSSR count). The minimum absolute atomic E-state index is 0.160. The smallest absolute Gasteiger partial charge is 0.314 e. The summed E-state index contributed by atoms with van der Waals surface area (Å²) >= 11 is 0. The SMILES string of the molecule is COC(=O)C(CNC1CCCC(C)C1)c1ccccc1. The van der Waals surface area contributed by atoms with Crippen LogP contribution in [0.1, 0.15) is 44.1 Å². The van der Waals surface area contributed by atoms with Gasteiger partial charge in [-0.05, 0) is 24.3 Å². The number of hydrogen-bond donors (Lipinski definition) is 1. The van der Waals surface area contributed by atoms with Crippen molar-refractivity contribution in [1.29, 1.82) is 0 Å². The van der Waals surface area contributed by atoms with Crippen molar-refractivity contribution < 1.29 is 9.53 Å². The van der Waals surface area contributed by atoms with Crippen LogP contribution in [0.2, 0.25) is 0 Å². The van der Waals surface area contributed by atoms with Gasteiger partial charge in [-0.3, -0.25) is 4.79 Å². The summed E-state index contributed by atoms with van der Waals surface area (Å²) in [5.74, 6) is 0.417. The Balaban J connectivity index is 1.96. The first kappa shape index (κ1) is 15.0. The highest BCUT2D eigenvalue weighted by Gasteiger charge is 2.24. The fraction of sp³-hybridized carbons (Fsp3) is 0.588. The number of hydrogen-bond acceptors (Lipinski definition) is 3. The van der Waals surface area contributed by atoms with Crippen LogP contribution < -0.4 is 5.32 Å². The molecule has 1 aromatic carbocycles. The average molecular weight is 275 g/mol. The van der Waals surface area contributed by atoms with Crippen LogP contribution in [-0.4, -0.2) is 25.7 Å². The number of carbonyl (C=O) groups is 1. The van der Waals surface area contributed by atoms with Crippen LogP contribution in [-0.2, 0) is 9.53 Å². The Morgan fingerprint density at radius 1 is 1.35 bits per heavy atom. The fourth-order valence-electron chi connectivity index (χ4n) is 3.07. The Morgan fingerprint density at radius 3 is 2.75 bits per heavy atom. The lowest BCUT2D eigenvalue weighted by Gasteiger charge is -2.29. The number of methoxy groups -OCH3 is 1. The Kier molecular flexibility index (Phi) is 5.60. The molecular formula is C17H25NO2. The second kappa shape index (κ2) is 7.44. The van der Waals surface area contributed by atoms with Crippen molar-refractivity contribution in [2.75, 3.05) is 13.7 Å². The molecule has 1 aliphatic carbocycles. The lowest BCUT2D eigenvalue weighted by molar-refractivity contribution is -0.142. The number of esters is 1. The molecule has 3 unspecified atom stereocenters. The lowest BCUT2D eigenvalue weighted by atomic mass is 9.86. The molecule has 0 bridgehead atoms. The minimum atomic E-state index is -0.210. The summed E-state index contributed by atoms with van der Waals surface area (Å²) in [6.07, 6.45) is 5.04. The second-order valence-corrected chi connectivity index (χ2v) is 5.86. The highest BCUT2D eigenvalue weighted by molar-refractivity contribution is 5.78. The predicted octanol–water partition coefficient (Wildman–Crippen LogP) is 3.11. The molecule has 20 heavy (non-hydrogen) atoms. The molecule has 0 spiro atoms. The third kappa shape index (κ3) is 4.07. The van der Waals surface area contributed by atoms with Gasteiger partial charge < -0.3 is 10.1 Å². The van der Waals surface area contributed by atoms with Gasteiger partial charge in [0.1, 0.15) is 0 Å². The second-order valence-electron chi connectivity index (χ2n) is 5.86. The van der Waals surface area contributed by atoms with Gasteiger partial charge in [-0.2, -0.15) is 0 Å². The largest absolute Gasteiger partial charge is 0.469 e. The van der Waals surface area contributed by atoms with Crippen molar-refractivity contribution in [3.05, 3.63) is 35.9 Å². The molecule has 1 fully saturated rings. The van der Waals surface area contributed by atoms with E-state index < -0.39 is 0 Å². The molecule has 0 aliphatic heterocycles. The average Bonchev–Trinajstić information content (AvgIpc) is 2.48. The Labute approximate surface area is 121 Å². The van der Waals surface area contributed by atoms with E-state index in [4.69, 9.17) is 4.74 Å². The van der Waals surface area contributed by atoms with E-state index in [9.17, 15) is 4.79 Å². The first-order valence-electron chi connectivity index (χ1n) is 7.57. The van der Waals surface area contributed by atoms with Crippen LogP contribution in [0.4, 0.5) is 0 Å². The molecule has 3 nitrogen and oxygen atoms in total. The van der Waals surface area contributed by atoms with Crippen LogP contribution in [0.15, 0.2) is 30.3 Å². The highest BCUT2D eigenvalue weighted by atomic mass is 16.5. The first-order valence-corrected chi connectivity index (χ1v) is 7.57. The van der Waals surface area contributed by atoms with E-state index in [1.54, 1.807) is 0 Å². The van der Waals surface area contributed by atoms with Gasteiger partial charge in [0, 0.05) is 12.6 Å². The summed E-state index contributed by atoms with van der Waals surface area (Å²) in [6.45, 7) is 2.97.